The van der Waals surface area contributed by atoms with Gasteiger partial charge in [0.25, 0.3) is 0 Å². The van der Waals surface area contributed by atoms with Crippen LogP contribution in [0, 0.1) is 12.3 Å². The highest BCUT2D eigenvalue weighted by atomic mass is 32.2. The lowest BCUT2D eigenvalue weighted by Gasteiger charge is -2.56. The van der Waals surface area contributed by atoms with Gasteiger partial charge in [-0.15, -0.1) is 0 Å². The normalized spacial score (nSPS) is 28.4. The molecule has 0 radical (unpaired) electrons. The van der Waals surface area contributed by atoms with Gasteiger partial charge in [-0.25, -0.2) is 4.79 Å². The molecule has 1 spiro atoms. The molecule has 6 heteroatoms. The number of hydrogen-bond acceptors (Lipinski definition) is 4. The Kier molecular flexibility index (Phi) is 4.51. The third kappa shape index (κ3) is 3.83. The van der Waals surface area contributed by atoms with Crippen LogP contribution in [-0.4, -0.2) is 46.0 Å². The van der Waals surface area contributed by atoms with Crippen LogP contribution >= 0.6 is 11.8 Å². The molecule has 174 valence electrons. The Bertz CT molecular complexity index is 1360. The second-order valence-corrected chi connectivity index (χ2v) is 10.3. The van der Waals surface area contributed by atoms with Gasteiger partial charge >= 0.3 is 5.97 Å². The average molecular weight is 470 g/mol. The minimum Gasteiger partial charge on any atom is -0.496 e. The van der Waals surface area contributed by atoms with E-state index in [2.05, 4.69) is 11.2 Å². The number of hydrogen-bond donors (Lipinski definition) is 2. The van der Waals surface area contributed by atoms with Crippen LogP contribution in [0.1, 0.15) is 65.6 Å². The molecule has 1 aromatic heterocycles. The summed E-state index contributed by atoms with van der Waals surface area (Å²) in [6.07, 6.45) is 7.64. The molecule has 5 nitrogen and oxygen atoms in total. The number of rotatable bonds is 6. The quantitative estimate of drug-likeness (QED) is 0.461. The lowest BCUT2D eigenvalue weighted by Crippen LogP contribution is -2.51. The van der Waals surface area contributed by atoms with Crippen molar-refractivity contribution in [3.63, 3.8) is 0 Å². The van der Waals surface area contributed by atoms with Gasteiger partial charge in [0.15, 0.2) is 0 Å². The van der Waals surface area contributed by atoms with Crippen molar-refractivity contribution in [2.24, 2.45) is 5.41 Å². The lowest BCUT2D eigenvalue weighted by molar-refractivity contribution is -0.00331. The highest BCUT2D eigenvalue weighted by Gasteiger charge is 2.50. The van der Waals surface area contributed by atoms with Gasteiger partial charge < -0.3 is 14.8 Å². The molecule has 33 heavy (non-hydrogen) atoms. The molecule has 2 unspecified atom stereocenters. The Balaban J connectivity index is 1.63. The molecule has 1 aliphatic carbocycles. The monoisotopic (exact) mass is 469 g/mol. The molecule has 0 amide bonds. The second kappa shape index (κ2) is 8.73. The summed E-state index contributed by atoms with van der Waals surface area (Å²) in [7, 11) is -2.74. The summed E-state index contributed by atoms with van der Waals surface area (Å²) < 4.78 is 47.6. The molecule has 2 heterocycles. The fraction of sp³-hybridized carbons (Fsp3) is 0.444. The number of aromatic carboxylic acids is 1. The number of likely N-dealkylation sites (tertiary alicyclic amines) is 1. The summed E-state index contributed by atoms with van der Waals surface area (Å²) in [5.74, 6) is -1.00. The van der Waals surface area contributed by atoms with Crippen molar-refractivity contribution in [2.45, 2.75) is 50.4 Å². The molecule has 3 atom stereocenters. The zero-order valence-corrected chi connectivity index (χ0v) is 19.7. The van der Waals surface area contributed by atoms with Crippen molar-refractivity contribution in [2.75, 3.05) is 19.8 Å². The molecule has 1 aliphatic heterocycles. The number of aromatic nitrogens is 1. The van der Waals surface area contributed by atoms with Crippen LogP contribution in [-0.2, 0) is 6.50 Å². The summed E-state index contributed by atoms with van der Waals surface area (Å²) in [5.41, 5.74) is 2.81. The van der Waals surface area contributed by atoms with Gasteiger partial charge in [0.1, 0.15) is 5.75 Å². The highest BCUT2D eigenvalue weighted by Crippen LogP contribution is 2.58. The van der Waals surface area contributed by atoms with Crippen LogP contribution in [0.15, 0.2) is 42.6 Å². The predicted octanol–water partition coefficient (Wildman–Crippen LogP) is 6.03. The van der Waals surface area contributed by atoms with Crippen LogP contribution in [0.3, 0.4) is 0 Å². The number of ether oxygens (including phenoxy) is 1. The van der Waals surface area contributed by atoms with Gasteiger partial charge in [-0.3, -0.25) is 4.90 Å². The fourth-order valence-corrected chi connectivity index (χ4v) is 6.84. The summed E-state index contributed by atoms with van der Waals surface area (Å²) in [6.45, 7) is 0.231. The highest BCUT2D eigenvalue weighted by molar-refractivity contribution is 7.99. The number of nitrogens with zero attached hydrogens (tertiary/aromatic N) is 1. The van der Waals surface area contributed by atoms with Crippen LogP contribution in [0.5, 0.6) is 5.75 Å². The number of carbonyl (C=O) groups is 1. The number of thioether (sulfide) groups is 1. The number of fused-ring (bicyclic) bond motifs is 1. The van der Waals surface area contributed by atoms with Crippen LogP contribution in [0.2, 0.25) is 0 Å². The number of carboxylic acids is 1. The third-order valence-corrected chi connectivity index (χ3v) is 8.92. The zero-order chi connectivity index (χ0) is 27.5. The number of carboxylic acid groups (broad SMARTS) is 1. The molecule has 2 aliphatic rings. The van der Waals surface area contributed by atoms with Crippen molar-refractivity contribution in [1.82, 2.24) is 9.88 Å². The summed E-state index contributed by atoms with van der Waals surface area (Å²) in [5, 5.41) is 10.5. The van der Waals surface area contributed by atoms with E-state index in [0.29, 0.717) is 17.2 Å². The average Bonchev–Trinajstić information content (AvgIpc) is 3.32. The molecule has 2 aromatic carbocycles. The molecule has 2 fully saturated rings. The first-order valence-corrected chi connectivity index (χ1v) is 12.6. The zero-order valence-electron chi connectivity index (χ0n) is 23.9. The van der Waals surface area contributed by atoms with Crippen LogP contribution in [0.25, 0.3) is 10.9 Å². The third-order valence-electron chi connectivity index (χ3n) is 7.61. The second-order valence-electron chi connectivity index (χ2n) is 9.26. The Morgan fingerprint density at radius 3 is 2.85 bits per heavy atom. The van der Waals surface area contributed by atoms with Gasteiger partial charge in [-0.2, -0.15) is 11.8 Å². The number of benzene rings is 2. The fourth-order valence-electron chi connectivity index (χ4n) is 5.65. The number of methoxy groups -OCH3 is 1. The molecule has 1 saturated carbocycles. The smallest absolute Gasteiger partial charge is 0.335 e. The predicted molar refractivity (Wildman–Crippen MR) is 134 cm³/mol. The Hall–Kier alpha value is -2.44. The van der Waals surface area contributed by atoms with E-state index in [1.54, 1.807) is 42.6 Å². The Morgan fingerprint density at radius 1 is 1.36 bits per heavy atom. The van der Waals surface area contributed by atoms with E-state index in [-0.39, 0.29) is 28.3 Å². The van der Waals surface area contributed by atoms with Crippen molar-refractivity contribution in [3.8, 4) is 5.75 Å². The molecule has 0 bridgehead atoms. The lowest BCUT2D eigenvalue weighted by atomic mass is 9.60. The minimum atomic E-state index is -2.74. The van der Waals surface area contributed by atoms with E-state index in [0.717, 1.165) is 42.3 Å². The molecule has 5 rings (SSSR count). The molecule has 1 saturated heterocycles. The first-order chi connectivity index (χ1) is 17.9. The van der Waals surface area contributed by atoms with Crippen molar-refractivity contribution in [3.05, 3.63) is 64.8 Å². The Labute approximate surface area is 206 Å². The molecule has 2 N–H and O–H groups in total. The van der Waals surface area contributed by atoms with Gasteiger partial charge in [0.05, 0.1) is 16.7 Å². The number of aryl methyl sites for hydroxylation is 1. The minimum absolute atomic E-state index is 0.00509. The topological polar surface area (TPSA) is 65.6 Å². The number of H-pyrrole nitrogens is 1. The van der Waals surface area contributed by atoms with Crippen molar-refractivity contribution >= 4 is 28.6 Å². The maximum Gasteiger partial charge on any atom is 0.335 e. The first kappa shape index (κ1) is 17.1. The van der Waals surface area contributed by atoms with E-state index in [9.17, 15) is 12.6 Å². The van der Waals surface area contributed by atoms with Gasteiger partial charge in [0.2, 0.25) is 0 Å². The van der Waals surface area contributed by atoms with E-state index in [1.165, 1.54) is 0 Å². The van der Waals surface area contributed by atoms with E-state index < -0.39 is 19.5 Å². The summed E-state index contributed by atoms with van der Waals surface area (Å²) in [4.78, 5) is 16.5. The van der Waals surface area contributed by atoms with Crippen molar-refractivity contribution < 1.29 is 21.5 Å². The van der Waals surface area contributed by atoms with E-state index >= 15 is 0 Å². The molecule has 3 aromatic rings. The number of aromatic amines is 1. The largest absolute Gasteiger partial charge is 0.496 e. The summed E-state index contributed by atoms with van der Waals surface area (Å²) >= 11 is 1.86. The first-order valence-electron chi connectivity index (χ1n) is 13.8. The number of piperidine rings is 1. The van der Waals surface area contributed by atoms with Gasteiger partial charge in [0, 0.05) is 43.2 Å². The van der Waals surface area contributed by atoms with Crippen LogP contribution in [0.4, 0.5) is 0 Å². The van der Waals surface area contributed by atoms with Gasteiger partial charge in [-0.05, 0) is 86.2 Å². The molecular formula is C27H32N2O3S. The SMILES string of the molecule is [2H]C([2H])([2H])Oc1cc(C)c2[nH]ccc2c1C([2H])([2H])N1CCC2(CC[C@@H]2SC)CC1c1ccc(C(=O)O)cc1. The van der Waals surface area contributed by atoms with E-state index in [1.807, 2.05) is 23.6 Å². The van der Waals surface area contributed by atoms with E-state index in [4.69, 9.17) is 8.85 Å². The van der Waals surface area contributed by atoms with Gasteiger partial charge in [-0.1, -0.05) is 12.1 Å². The molecular weight excluding hydrogens is 432 g/mol. The van der Waals surface area contributed by atoms with Crippen molar-refractivity contribution in [1.29, 1.82) is 0 Å². The number of nitrogens with one attached hydrogen (secondary N) is 1. The maximum atomic E-state index is 11.5. The standard InChI is InChI=1S/C27H32N2O3S/c1-17-14-23(32-2)21(20-9-12-28-25(17)20)16-29-13-11-27(10-8-24(27)33-3)15-22(29)18-4-6-19(7-5-18)26(30)31/h4-7,9,12,14,22,24,28H,8,10-11,13,15-16H2,1-3H3,(H,30,31)/t22?,24-,27?/m0/s1/i2D3,16D2. The Morgan fingerprint density at radius 2 is 2.18 bits per heavy atom. The summed E-state index contributed by atoms with van der Waals surface area (Å²) in [6, 6.07) is 9.73. The maximum absolute atomic E-state index is 11.5. The van der Waals surface area contributed by atoms with Crippen LogP contribution < -0.4 is 4.74 Å².